The number of fused-ring (bicyclic) bond motifs is 1. The fraction of sp³-hybridized carbons (Fsp3) is 0.407. The largest absolute Gasteiger partial charge is 0.383 e. The van der Waals surface area contributed by atoms with Gasteiger partial charge in [0.2, 0.25) is 5.91 Å². The van der Waals surface area contributed by atoms with E-state index < -0.39 is 0 Å². The summed E-state index contributed by atoms with van der Waals surface area (Å²) in [4.78, 5) is 17.2. The Morgan fingerprint density at radius 1 is 1.19 bits per heavy atom. The van der Waals surface area contributed by atoms with Crippen molar-refractivity contribution in [2.45, 2.75) is 65.3 Å². The molecule has 4 rings (SSSR count). The molecule has 3 aromatic rings. The van der Waals surface area contributed by atoms with Gasteiger partial charge in [-0.3, -0.25) is 4.79 Å². The molecule has 4 nitrogen and oxygen atoms in total. The number of nitrogens with two attached hydrogens (primary N) is 1. The van der Waals surface area contributed by atoms with E-state index in [0.717, 1.165) is 29.3 Å². The van der Waals surface area contributed by atoms with E-state index in [2.05, 4.69) is 73.5 Å². The number of rotatable bonds is 5. The van der Waals surface area contributed by atoms with E-state index in [-0.39, 0.29) is 5.91 Å². The van der Waals surface area contributed by atoms with Gasteiger partial charge in [0.1, 0.15) is 5.82 Å². The van der Waals surface area contributed by atoms with Gasteiger partial charge in [-0.25, -0.2) is 4.98 Å². The SMILES string of the molecule is Cc1ccccc1-c1ccc2nc(N)c(CCC(=O)NC3CCCC(C)(C)C3)cc2c1. The van der Waals surface area contributed by atoms with Crippen molar-refractivity contribution in [1.82, 2.24) is 10.3 Å². The molecule has 1 aliphatic rings. The van der Waals surface area contributed by atoms with Gasteiger partial charge in [0.15, 0.2) is 0 Å². The zero-order chi connectivity index (χ0) is 22.0. The highest BCUT2D eigenvalue weighted by atomic mass is 16.1. The minimum Gasteiger partial charge on any atom is -0.383 e. The number of nitrogens with zero attached hydrogens (tertiary/aromatic N) is 1. The smallest absolute Gasteiger partial charge is 0.220 e. The highest BCUT2D eigenvalue weighted by molar-refractivity contribution is 5.87. The minimum absolute atomic E-state index is 0.107. The lowest BCUT2D eigenvalue weighted by Gasteiger charge is -2.35. The topological polar surface area (TPSA) is 68.0 Å². The van der Waals surface area contributed by atoms with Crippen LogP contribution in [0.3, 0.4) is 0 Å². The summed E-state index contributed by atoms with van der Waals surface area (Å²) in [6, 6.07) is 17.0. The Balaban J connectivity index is 1.48. The quantitative estimate of drug-likeness (QED) is 0.552. The molecule has 31 heavy (non-hydrogen) atoms. The average molecular weight is 416 g/mol. The molecule has 2 aromatic carbocycles. The number of pyridine rings is 1. The molecule has 4 heteroatoms. The molecule has 1 amide bonds. The van der Waals surface area contributed by atoms with Crippen LogP contribution in [0, 0.1) is 12.3 Å². The molecule has 1 fully saturated rings. The number of aryl methyl sites for hydroxylation is 2. The van der Waals surface area contributed by atoms with Gasteiger partial charge in [-0.1, -0.05) is 50.6 Å². The van der Waals surface area contributed by atoms with Gasteiger partial charge in [-0.15, -0.1) is 0 Å². The summed E-state index contributed by atoms with van der Waals surface area (Å²) in [7, 11) is 0. The van der Waals surface area contributed by atoms with Crippen molar-refractivity contribution in [3.8, 4) is 11.1 Å². The van der Waals surface area contributed by atoms with Crippen LogP contribution >= 0.6 is 0 Å². The first-order chi connectivity index (χ1) is 14.8. The normalized spacial score (nSPS) is 18.1. The highest BCUT2D eigenvalue weighted by Crippen LogP contribution is 2.35. The number of carbonyl (C=O) groups excluding carboxylic acids is 1. The summed E-state index contributed by atoms with van der Waals surface area (Å²) in [6.45, 7) is 6.70. The predicted octanol–water partition coefficient (Wildman–Crippen LogP) is 5.81. The van der Waals surface area contributed by atoms with Crippen molar-refractivity contribution < 1.29 is 4.79 Å². The fourth-order valence-corrected chi connectivity index (χ4v) is 4.87. The van der Waals surface area contributed by atoms with Crippen molar-refractivity contribution in [2.24, 2.45) is 5.41 Å². The van der Waals surface area contributed by atoms with E-state index in [9.17, 15) is 4.79 Å². The number of nitrogen functional groups attached to an aromatic ring is 1. The monoisotopic (exact) mass is 415 g/mol. The van der Waals surface area contributed by atoms with E-state index in [1.165, 1.54) is 29.5 Å². The first-order valence-corrected chi connectivity index (χ1v) is 11.4. The molecule has 1 aromatic heterocycles. The summed E-state index contributed by atoms with van der Waals surface area (Å²) in [5.74, 6) is 0.624. The maximum atomic E-state index is 12.6. The molecule has 0 radical (unpaired) electrons. The Kier molecular flexibility index (Phi) is 5.99. The number of aromatic nitrogens is 1. The Hall–Kier alpha value is -2.88. The molecule has 1 unspecified atom stereocenters. The number of nitrogens with one attached hydrogen (secondary N) is 1. The van der Waals surface area contributed by atoms with E-state index in [1.54, 1.807) is 0 Å². The highest BCUT2D eigenvalue weighted by Gasteiger charge is 2.28. The maximum absolute atomic E-state index is 12.6. The van der Waals surface area contributed by atoms with Crippen molar-refractivity contribution in [3.63, 3.8) is 0 Å². The van der Waals surface area contributed by atoms with E-state index in [0.29, 0.717) is 30.1 Å². The molecule has 0 bridgehead atoms. The van der Waals surface area contributed by atoms with E-state index in [4.69, 9.17) is 5.73 Å². The van der Waals surface area contributed by atoms with Gasteiger partial charge in [0.25, 0.3) is 0 Å². The number of carbonyl (C=O) groups is 1. The van der Waals surface area contributed by atoms with Crippen molar-refractivity contribution in [2.75, 3.05) is 5.73 Å². The van der Waals surface area contributed by atoms with Crippen LogP contribution in [0.2, 0.25) is 0 Å². The van der Waals surface area contributed by atoms with Gasteiger partial charge in [-0.2, -0.15) is 0 Å². The third-order valence-electron chi connectivity index (χ3n) is 6.57. The number of hydrogen-bond acceptors (Lipinski definition) is 3. The molecule has 1 aliphatic carbocycles. The lowest BCUT2D eigenvalue weighted by Crippen LogP contribution is -2.40. The van der Waals surface area contributed by atoms with Crippen LogP contribution in [0.25, 0.3) is 22.0 Å². The van der Waals surface area contributed by atoms with Gasteiger partial charge < -0.3 is 11.1 Å². The third kappa shape index (κ3) is 5.07. The van der Waals surface area contributed by atoms with Gasteiger partial charge in [0.05, 0.1) is 5.52 Å². The van der Waals surface area contributed by atoms with E-state index >= 15 is 0 Å². The molecular weight excluding hydrogens is 382 g/mol. The van der Waals surface area contributed by atoms with Crippen molar-refractivity contribution in [3.05, 3.63) is 59.7 Å². The standard InChI is InChI=1S/C27H33N3O/c1-18-7-4-5-9-23(18)19-10-12-24-21(15-19)16-20(26(28)30-24)11-13-25(31)29-22-8-6-14-27(2,3)17-22/h4-5,7,9-10,12,15-16,22H,6,8,11,13-14,17H2,1-3H3,(H2,28,30)(H,29,31). The maximum Gasteiger partial charge on any atom is 0.220 e. The third-order valence-corrected chi connectivity index (χ3v) is 6.57. The first kappa shape index (κ1) is 21.4. The minimum atomic E-state index is 0.107. The van der Waals surface area contributed by atoms with E-state index in [1.807, 2.05) is 6.07 Å². The zero-order valence-corrected chi connectivity index (χ0v) is 18.9. The molecule has 0 saturated heterocycles. The second kappa shape index (κ2) is 8.70. The average Bonchev–Trinajstić information content (AvgIpc) is 2.71. The Labute approximate surface area is 185 Å². The molecule has 1 heterocycles. The van der Waals surface area contributed by atoms with Crippen LogP contribution in [-0.2, 0) is 11.2 Å². The van der Waals surface area contributed by atoms with Crippen molar-refractivity contribution >= 4 is 22.6 Å². The van der Waals surface area contributed by atoms with Crippen LogP contribution in [0.1, 0.15) is 57.1 Å². The second-order valence-electron chi connectivity index (χ2n) is 9.78. The van der Waals surface area contributed by atoms with Crippen molar-refractivity contribution in [1.29, 1.82) is 0 Å². The molecular formula is C27H33N3O. The number of anilines is 1. The predicted molar refractivity (Wildman–Crippen MR) is 129 cm³/mol. The molecule has 3 N–H and O–H groups in total. The van der Waals surface area contributed by atoms with Crippen LogP contribution in [0.5, 0.6) is 0 Å². The Bertz CT molecular complexity index is 1100. The number of hydrogen-bond donors (Lipinski definition) is 2. The van der Waals surface area contributed by atoms with Crippen LogP contribution < -0.4 is 11.1 Å². The summed E-state index contributed by atoms with van der Waals surface area (Å²) >= 11 is 0. The van der Waals surface area contributed by atoms with Crippen LogP contribution in [0.15, 0.2) is 48.5 Å². The molecule has 0 aliphatic heterocycles. The lowest BCUT2D eigenvalue weighted by molar-refractivity contribution is -0.122. The fourth-order valence-electron chi connectivity index (χ4n) is 4.87. The Morgan fingerprint density at radius 3 is 2.77 bits per heavy atom. The number of benzene rings is 2. The zero-order valence-electron chi connectivity index (χ0n) is 18.9. The van der Waals surface area contributed by atoms with Gasteiger partial charge in [-0.05, 0) is 78.5 Å². The Morgan fingerprint density at radius 2 is 2.00 bits per heavy atom. The van der Waals surface area contributed by atoms with Gasteiger partial charge in [0, 0.05) is 17.8 Å². The molecule has 1 saturated carbocycles. The van der Waals surface area contributed by atoms with Crippen LogP contribution in [0.4, 0.5) is 5.82 Å². The molecule has 162 valence electrons. The summed E-state index contributed by atoms with van der Waals surface area (Å²) in [5.41, 5.74) is 12.0. The summed E-state index contributed by atoms with van der Waals surface area (Å²) in [6.07, 6.45) is 5.60. The second-order valence-corrected chi connectivity index (χ2v) is 9.78. The molecule has 0 spiro atoms. The van der Waals surface area contributed by atoms with Gasteiger partial charge >= 0.3 is 0 Å². The molecule has 1 atom stereocenters. The first-order valence-electron chi connectivity index (χ1n) is 11.4. The number of amides is 1. The summed E-state index contributed by atoms with van der Waals surface area (Å²) < 4.78 is 0. The lowest BCUT2D eigenvalue weighted by atomic mass is 9.75. The van der Waals surface area contributed by atoms with Crippen LogP contribution in [-0.4, -0.2) is 16.9 Å². The summed E-state index contributed by atoms with van der Waals surface area (Å²) in [5, 5.41) is 4.29.